The van der Waals surface area contributed by atoms with Gasteiger partial charge in [0.2, 0.25) is 0 Å². The predicted molar refractivity (Wildman–Crippen MR) is 112 cm³/mol. The summed E-state index contributed by atoms with van der Waals surface area (Å²) in [5.41, 5.74) is 5.46. The van der Waals surface area contributed by atoms with Crippen LogP contribution in [0.3, 0.4) is 0 Å². The molecule has 0 fully saturated rings. The SMILES string of the molecule is COC(=O)c1cn(S(=O)(=O)c2ccc(C)c(C)c2)c2c1CCCc1ccccc1-2. The van der Waals surface area contributed by atoms with Crippen molar-refractivity contribution >= 4 is 16.0 Å². The molecule has 1 aliphatic rings. The number of nitrogens with zero attached hydrogens (tertiary/aromatic N) is 1. The van der Waals surface area contributed by atoms with Crippen molar-refractivity contribution in [2.45, 2.75) is 38.0 Å². The van der Waals surface area contributed by atoms with Crippen molar-refractivity contribution in [3.63, 3.8) is 0 Å². The number of carbonyl (C=O) groups is 1. The maximum absolute atomic E-state index is 13.6. The zero-order chi connectivity index (χ0) is 20.8. The lowest BCUT2D eigenvalue weighted by Gasteiger charge is -2.14. The van der Waals surface area contributed by atoms with Crippen LogP contribution in [-0.2, 0) is 27.6 Å². The van der Waals surface area contributed by atoms with E-state index in [2.05, 4.69) is 0 Å². The van der Waals surface area contributed by atoms with Gasteiger partial charge in [0, 0.05) is 11.8 Å². The van der Waals surface area contributed by atoms with Gasteiger partial charge in [-0.25, -0.2) is 17.2 Å². The summed E-state index contributed by atoms with van der Waals surface area (Å²) in [5, 5.41) is 0. The summed E-state index contributed by atoms with van der Waals surface area (Å²) in [7, 11) is -2.58. The Morgan fingerprint density at radius 3 is 2.52 bits per heavy atom. The van der Waals surface area contributed by atoms with Gasteiger partial charge in [0.1, 0.15) is 0 Å². The van der Waals surface area contributed by atoms with Crippen molar-refractivity contribution in [2.75, 3.05) is 7.11 Å². The van der Waals surface area contributed by atoms with Crippen LogP contribution in [0.1, 0.15) is 39.0 Å². The highest BCUT2D eigenvalue weighted by Gasteiger charge is 2.31. The molecule has 1 aliphatic carbocycles. The third kappa shape index (κ3) is 3.17. The number of methoxy groups -OCH3 is 1. The van der Waals surface area contributed by atoms with Gasteiger partial charge in [0.15, 0.2) is 0 Å². The molecule has 0 bridgehead atoms. The highest BCUT2D eigenvalue weighted by atomic mass is 32.2. The largest absolute Gasteiger partial charge is 0.465 e. The number of hydrogen-bond acceptors (Lipinski definition) is 4. The molecule has 0 radical (unpaired) electrons. The fourth-order valence-electron chi connectivity index (χ4n) is 3.94. The Morgan fingerprint density at radius 1 is 1.03 bits per heavy atom. The van der Waals surface area contributed by atoms with E-state index in [0.29, 0.717) is 17.7 Å². The minimum atomic E-state index is -3.89. The van der Waals surface area contributed by atoms with Crippen LogP contribution in [-0.4, -0.2) is 25.5 Å². The van der Waals surface area contributed by atoms with Crippen LogP contribution in [0.25, 0.3) is 11.3 Å². The number of fused-ring (bicyclic) bond motifs is 3. The average molecular weight is 410 g/mol. The zero-order valence-electron chi connectivity index (χ0n) is 16.7. The molecular weight excluding hydrogens is 386 g/mol. The second-order valence-electron chi connectivity index (χ2n) is 7.42. The maximum Gasteiger partial charge on any atom is 0.339 e. The molecule has 0 N–H and O–H groups in total. The van der Waals surface area contributed by atoms with E-state index in [1.807, 2.05) is 38.1 Å². The molecule has 0 unspecified atom stereocenters. The van der Waals surface area contributed by atoms with Crippen LogP contribution in [0, 0.1) is 13.8 Å². The maximum atomic E-state index is 13.6. The van der Waals surface area contributed by atoms with E-state index in [9.17, 15) is 13.2 Å². The van der Waals surface area contributed by atoms with Gasteiger partial charge in [-0.1, -0.05) is 30.3 Å². The van der Waals surface area contributed by atoms with Crippen molar-refractivity contribution in [2.24, 2.45) is 0 Å². The first-order valence-electron chi connectivity index (χ1n) is 9.58. The van der Waals surface area contributed by atoms with E-state index in [4.69, 9.17) is 4.74 Å². The summed E-state index contributed by atoms with van der Waals surface area (Å²) < 4.78 is 33.5. The smallest absolute Gasteiger partial charge is 0.339 e. The number of benzene rings is 2. The van der Waals surface area contributed by atoms with Crippen LogP contribution >= 0.6 is 0 Å². The number of carbonyl (C=O) groups excluding carboxylic acids is 1. The Kier molecular flexibility index (Phi) is 4.82. The molecule has 0 aliphatic heterocycles. The Morgan fingerprint density at radius 2 is 1.79 bits per heavy atom. The third-order valence-electron chi connectivity index (χ3n) is 5.66. The lowest BCUT2D eigenvalue weighted by atomic mass is 10.0. The summed E-state index contributed by atoms with van der Waals surface area (Å²) in [6.45, 7) is 3.83. The van der Waals surface area contributed by atoms with Gasteiger partial charge in [0.05, 0.1) is 23.3 Å². The molecule has 0 amide bonds. The van der Waals surface area contributed by atoms with Crippen molar-refractivity contribution < 1.29 is 17.9 Å². The monoisotopic (exact) mass is 409 g/mol. The van der Waals surface area contributed by atoms with E-state index in [-0.39, 0.29) is 4.90 Å². The van der Waals surface area contributed by atoms with Crippen molar-refractivity contribution in [3.05, 3.63) is 76.5 Å². The number of rotatable bonds is 3. The normalized spacial score (nSPS) is 13.3. The Hall–Kier alpha value is -2.86. The Labute approximate surface area is 171 Å². The lowest BCUT2D eigenvalue weighted by Crippen LogP contribution is -2.14. The highest BCUT2D eigenvalue weighted by Crippen LogP contribution is 2.38. The molecule has 5 nitrogen and oxygen atoms in total. The first-order chi connectivity index (χ1) is 13.8. The molecule has 29 heavy (non-hydrogen) atoms. The van der Waals surface area contributed by atoms with Crippen LogP contribution < -0.4 is 0 Å². The second-order valence-corrected chi connectivity index (χ2v) is 9.23. The molecule has 0 saturated heterocycles. The van der Waals surface area contributed by atoms with Gasteiger partial charge >= 0.3 is 5.97 Å². The van der Waals surface area contributed by atoms with Crippen molar-refractivity contribution in [1.82, 2.24) is 3.97 Å². The number of aryl methyl sites for hydroxylation is 3. The van der Waals surface area contributed by atoms with Crippen LogP contribution in [0.2, 0.25) is 0 Å². The fourth-order valence-corrected chi connectivity index (χ4v) is 5.43. The minimum Gasteiger partial charge on any atom is -0.465 e. The molecule has 0 saturated carbocycles. The molecule has 3 aromatic rings. The van der Waals surface area contributed by atoms with Crippen molar-refractivity contribution in [1.29, 1.82) is 0 Å². The quantitative estimate of drug-likeness (QED) is 0.606. The van der Waals surface area contributed by atoms with Crippen LogP contribution in [0.4, 0.5) is 0 Å². The molecular formula is C23H23NO4S. The van der Waals surface area contributed by atoms with E-state index in [1.54, 1.807) is 18.2 Å². The summed E-state index contributed by atoms with van der Waals surface area (Å²) in [6, 6.07) is 12.9. The predicted octanol–water partition coefficient (Wildman–Crippen LogP) is 4.28. The Balaban J connectivity index is 2.04. The molecule has 0 atom stereocenters. The molecule has 0 spiro atoms. The van der Waals surface area contributed by atoms with Gasteiger partial charge in [-0.2, -0.15) is 0 Å². The standard InChI is InChI=1S/C23H23NO4S/c1-15-11-12-18(13-16(15)2)29(26,27)24-14-21(23(25)28-3)20-10-6-8-17-7-4-5-9-19(17)22(20)24/h4-5,7,9,11-14H,6,8,10H2,1-3H3. The summed E-state index contributed by atoms with van der Waals surface area (Å²) in [5.74, 6) is -0.519. The van der Waals surface area contributed by atoms with Gasteiger partial charge in [-0.05, 0) is 67.5 Å². The zero-order valence-corrected chi connectivity index (χ0v) is 17.5. The van der Waals surface area contributed by atoms with Crippen LogP contribution in [0.5, 0.6) is 0 Å². The number of esters is 1. The molecule has 150 valence electrons. The number of hydrogen-bond donors (Lipinski definition) is 0. The third-order valence-corrected chi connectivity index (χ3v) is 7.32. The van der Waals surface area contributed by atoms with Crippen molar-refractivity contribution in [3.8, 4) is 11.3 Å². The first kappa shape index (κ1) is 19.5. The molecule has 1 heterocycles. The highest BCUT2D eigenvalue weighted by molar-refractivity contribution is 7.90. The summed E-state index contributed by atoms with van der Waals surface area (Å²) in [6.07, 6.45) is 3.70. The molecule has 6 heteroatoms. The Bertz CT molecular complexity index is 1220. The number of aromatic nitrogens is 1. The second kappa shape index (κ2) is 7.19. The topological polar surface area (TPSA) is 65.4 Å². The van der Waals surface area contributed by atoms with Gasteiger partial charge in [-0.15, -0.1) is 0 Å². The first-order valence-corrected chi connectivity index (χ1v) is 11.0. The van der Waals surface area contributed by atoms with Gasteiger partial charge in [-0.3, -0.25) is 0 Å². The van der Waals surface area contributed by atoms with E-state index < -0.39 is 16.0 Å². The minimum absolute atomic E-state index is 0.205. The van der Waals surface area contributed by atoms with Crippen LogP contribution in [0.15, 0.2) is 53.6 Å². The van der Waals surface area contributed by atoms with E-state index >= 15 is 0 Å². The van der Waals surface area contributed by atoms with E-state index in [1.165, 1.54) is 17.3 Å². The van der Waals surface area contributed by atoms with Gasteiger partial charge in [0.25, 0.3) is 10.0 Å². The van der Waals surface area contributed by atoms with E-state index in [0.717, 1.165) is 40.7 Å². The average Bonchev–Trinajstić information content (AvgIpc) is 2.99. The summed E-state index contributed by atoms with van der Waals surface area (Å²) >= 11 is 0. The fraction of sp³-hybridized carbons (Fsp3) is 0.261. The van der Waals surface area contributed by atoms with Gasteiger partial charge < -0.3 is 4.74 Å². The molecule has 2 aromatic carbocycles. The summed E-state index contributed by atoms with van der Waals surface area (Å²) in [4.78, 5) is 12.7. The molecule has 4 rings (SSSR count). The lowest BCUT2D eigenvalue weighted by molar-refractivity contribution is 0.0599. The number of ether oxygens (including phenoxy) is 1. The molecule has 1 aromatic heterocycles.